The molecule has 2 aromatic heterocycles. The normalized spacial score (nSPS) is 9.96. The largest absolute Gasteiger partial charge is 1.00 e. The molecule has 490 valence electrons. The Morgan fingerprint density at radius 3 is 0.787 bits per heavy atom. The van der Waals surface area contributed by atoms with Crippen LogP contribution in [0.1, 0.15) is 91.9 Å². The number of carbonyl (C=O) groups excluding carboxylic acids is 4. The van der Waals surface area contributed by atoms with E-state index in [1.54, 1.807) is 60.7 Å². The third-order valence-corrected chi connectivity index (χ3v) is 16.7. The number of pyridine rings is 2. The Morgan fingerprint density at radius 1 is 0.330 bits per heavy atom. The van der Waals surface area contributed by atoms with E-state index in [1.807, 2.05) is 149 Å². The molecule has 0 unspecified atom stereocenters. The van der Waals surface area contributed by atoms with Crippen LogP contribution in [0.15, 0.2) is 198 Å². The molecule has 0 radical (unpaired) electrons. The number of Topliss-reactive ketones (excluding diaryl/α,β-unsaturated/α-hetero) is 4. The molecule has 0 fully saturated rings. The number of ketones is 4. The topological polar surface area (TPSA) is 144 Å². The van der Waals surface area contributed by atoms with E-state index in [0.717, 1.165) is 89.5 Å². The molecule has 0 N–H and O–H groups in total. The summed E-state index contributed by atoms with van der Waals surface area (Å²) < 4.78 is 19.1. The van der Waals surface area contributed by atoms with Gasteiger partial charge in [0.05, 0.1) is 0 Å². The summed E-state index contributed by atoms with van der Waals surface area (Å²) in [5.74, 6) is -0.507. The van der Waals surface area contributed by atoms with Crippen LogP contribution in [-0.4, -0.2) is 33.1 Å². The third kappa shape index (κ3) is 22.8. The predicted molar refractivity (Wildman–Crippen MR) is 363 cm³/mol. The molecule has 0 bridgehead atoms. The minimum Gasteiger partial charge on any atom is -1.00 e. The van der Waals surface area contributed by atoms with Gasteiger partial charge in [-0.15, -0.1) is 0 Å². The van der Waals surface area contributed by atoms with Crippen molar-refractivity contribution in [3.8, 4) is 44.5 Å². The standard InChI is InChI=1S/4C13H9Cl2N.2C9H9NO2.4ClH.2Fe/c4*1-8-6-9(14)7-11(15)13(8)10-4-2-3-5-12(10)16;2*1-6(11)8-4-3-5-9(10-8)7(2)12;;;;;;/h4*2-7H,1H3;2*3-5H,1-2H3;4*1H;;/q;;;;;;;;;;-1;+3/p-4. The smallest absolute Gasteiger partial charge is 1.00 e. The summed E-state index contributed by atoms with van der Waals surface area (Å²) in [5.41, 5.74) is 16.0. The summed E-state index contributed by atoms with van der Waals surface area (Å²) in [6.45, 7) is 13.6. The van der Waals surface area contributed by atoms with Crippen LogP contribution in [0.5, 0.6) is 0 Å². The second-order valence-corrected chi connectivity index (χ2v) is 24.7. The molecule has 0 aliphatic heterocycles. The van der Waals surface area contributed by atoms with Crippen LogP contribution in [0.4, 0.5) is 22.7 Å². The number of hydrogen-bond donors (Lipinski definition) is 0. The number of aromatic nitrogens is 2. The summed E-state index contributed by atoms with van der Waals surface area (Å²) in [6.07, 6.45) is 0. The zero-order valence-corrected chi connectivity index (χ0v) is 62.2. The maximum Gasteiger partial charge on any atom is -1.00 e. The number of hydrogen-bond acceptors (Lipinski definition) is 10. The Hall–Kier alpha value is -5.54. The molecule has 0 saturated carbocycles. The molecular formula is C70H54Cl12Fe2N6O4-2. The molecule has 0 aliphatic carbocycles. The van der Waals surface area contributed by atoms with Gasteiger partial charge >= 0.3 is 441 Å². The van der Waals surface area contributed by atoms with Crippen LogP contribution in [0.3, 0.4) is 0 Å². The quantitative estimate of drug-likeness (QED) is 0.0880. The zero-order chi connectivity index (χ0) is 65.3. The van der Waals surface area contributed by atoms with Gasteiger partial charge in [-0.25, -0.2) is 9.97 Å². The van der Waals surface area contributed by atoms with Crippen LogP contribution in [0.25, 0.3) is 44.5 Å². The first-order chi connectivity index (χ1) is 42.9. The molecule has 0 amide bonds. The van der Waals surface area contributed by atoms with E-state index < -0.39 is 0 Å². The number of nitrogens with zero attached hydrogens (tertiary/aromatic N) is 6. The summed E-state index contributed by atoms with van der Waals surface area (Å²) in [5, 5.41) is 4.82. The number of benzene rings is 8. The van der Waals surface area contributed by atoms with Gasteiger partial charge in [0, 0.05) is 27.7 Å². The van der Waals surface area contributed by atoms with Gasteiger partial charge in [-0.2, -0.15) is 0 Å². The second-order valence-electron chi connectivity index (χ2n) is 19.9. The number of carbonyl (C=O) groups is 4. The summed E-state index contributed by atoms with van der Waals surface area (Å²) in [6, 6.07) is 55.8. The predicted octanol–water partition coefficient (Wildman–Crippen LogP) is 12.3. The Kier molecular flexibility index (Phi) is 34.9. The van der Waals surface area contributed by atoms with Crippen LogP contribution >= 0.6 is 92.8 Å². The van der Waals surface area contributed by atoms with Gasteiger partial charge in [0.25, 0.3) is 0 Å². The van der Waals surface area contributed by atoms with E-state index in [-0.39, 0.29) is 102 Å². The molecule has 0 atom stereocenters. The summed E-state index contributed by atoms with van der Waals surface area (Å²) in [4.78, 5) is 51.1. The first-order valence-electron chi connectivity index (χ1n) is 27.2. The monoisotopic (exact) mass is 1570 g/mol. The van der Waals surface area contributed by atoms with E-state index in [2.05, 4.69) is 9.97 Å². The average molecular weight is 1580 g/mol. The third-order valence-electron chi connectivity index (χ3n) is 13.1. The van der Waals surface area contributed by atoms with E-state index >= 15 is 0 Å². The Morgan fingerprint density at radius 2 is 0.553 bits per heavy atom. The van der Waals surface area contributed by atoms with Gasteiger partial charge in [-0.05, 0) is 24.3 Å². The van der Waals surface area contributed by atoms with Crippen molar-refractivity contribution < 1.29 is 97.9 Å². The van der Waals surface area contributed by atoms with Crippen LogP contribution in [0, 0.1) is 27.7 Å². The van der Waals surface area contributed by atoms with E-state index in [1.165, 1.54) is 27.7 Å². The maximum absolute atomic E-state index is 10.8. The molecule has 94 heavy (non-hydrogen) atoms. The van der Waals surface area contributed by atoms with Crippen molar-refractivity contribution >= 4 is 139 Å². The molecule has 10 rings (SSSR count). The van der Waals surface area contributed by atoms with Gasteiger partial charge in [-0.3, -0.25) is 19.2 Å². The van der Waals surface area contributed by atoms with Gasteiger partial charge in [0.2, 0.25) is 0 Å². The molecule has 24 heteroatoms. The number of rotatable bonds is 12. The van der Waals surface area contributed by atoms with Crippen LogP contribution in [0.2, 0.25) is 40.2 Å². The fourth-order valence-electron chi connectivity index (χ4n) is 9.03. The molecule has 0 spiro atoms. The van der Waals surface area contributed by atoms with Crippen molar-refractivity contribution in [3.63, 3.8) is 0 Å². The van der Waals surface area contributed by atoms with E-state index in [0.29, 0.717) is 63.0 Å². The van der Waals surface area contributed by atoms with Crippen molar-refractivity contribution in [2.45, 2.75) is 55.4 Å². The molecule has 10 aromatic rings. The second kappa shape index (κ2) is 39.6. The minimum atomic E-state index is -0.127. The molecule has 2 heterocycles. The van der Waals surface area contributed by atoms with Crippen molar-refractivity contribution in [2.24, 2.45) is 15.8 Å². The minimum absolute atomic E-state index is 0. The van der Waals surface area contributed by atoms with Gasteiger partial charge in [0.15, 0.2) is 23.1 Å². The Balaban J connectivity index is 0.000000354. The SMILES string of the molecule is CC(=O)c1cccc(C(C)=O)n1.CC(=O)c1cccc(C(C)=O)n1.Cc1cc(Cl)cc(Cl)c1-c1ccccc1[N]=[Fe+3]=[N]c1ccccc1-c1c(C)cc(Cl)cc1Cl.Cc1cc(Cl)cc(Cl)c1-c1ccccc1[N]=[Fe-]=[N]c1ccccc1-c1c(C)cc(Cl)cc1Cl.[Cl-].[Cl-].[Cl-].[Cl-]. The van der Waals surface area contributed by atoms with Crippen molar-refractivity contribution in [2.75, 3.05) is 0 Å². The first kappa shape index (κ1) is 82.7. The zero-order valence-electron chi connectivity index (χ0n) is 50.9. The van der Waals surface area contributed by atoms with E-state index in [9.17, 15) is 19.2 Å². The molecular weight excluding hydrogens is 1530 g/mol. The number of aryl methyl sites for hydroxylation is 4. The van der Waals surface area contributed by atoms with Gasteiger partial charge in [0.1, 0.15) is 22.8 Å². The van der Waals surface area contributed by atoms with Crippen molar-refractivity contribution in [3.05, 3.63) is 267 Å². The summed E-state index contributed by atoms with van der Waals surface area (Å²) in [7, 11) is 0. The number of halogens is 12. The Bertz CT molecular complexity index is 3910. The molecule has 0 saturated heterocycles. The first-order valence-corrected chi connectivity index (χ1v) is 32.2. The van der Waals surface area contributed by atoms with Crippen LogP contribution < -0.4 is 49.6 Å². The Labute approximate surface area is 623 Å². The molecule has 8 aromatic carbocycles. The molecule has 0 aliphatic rings. The van der Waals surface area contributed by atoms with Crippen molar-refractivity contribution in [1.82, 2.24) is 9.97 Å². The van der Waals surface area contributed by atoms with Crippen molar-refractivity contribution in [1.29, 1.82) is 0 Å². The van der Waals surface area contributed by atoms with Crippen LogP contribution in [-0.2, 0) is 29.1 Å². The van der Waals surface area contributed by atoms with E-state index in [4.69, 9.17) is 109 Å². The molecule has 10 nitrogen and oxygen atoms in total. The van der Waals surface area contributed by atoms with Gasteiger partial charge in [-0.1, -0.05) is 12.1 Å². The summed E-state index contributed by atoms with van der Waals surface area (Å²) >= 11 is 51.3. The maximum atomic E-state index is 10.8. The van der Waals surface area contributed by atoms with Gasteiger partial charge < -0.3 is 49.6 Å². The fraction of sp³-hybridized carbons (Fsp3) is 0.114. The fourth-order valence-corrected chi connectivity index (χ4v) is 13.3. The average Bonchev–Trinajstić information content (AvgIpc) is 0.888.